The van der Waals surface area contributed by atoms with Crippen molar-refractivity contribution in [3.05, 3.63) is 89.1 Å². The Morgan fingerprint density at radius 3 is 2.57 bits per heavy atom. The molecule has 1 atom stereocenters. The van der Waals surface area contributed by atoms with Crippen molar-refractivity contribution in [3.63, 3.8) is 0 Å². The SMILES string of the molecule is Cc1cccc2cccc(N3CCc4c(nc(OC[C@@H]5CCCN5C)nc4OCc4ccccc4)C3)c12. The van der Waals surface area contributed by atoms with Crippen LogP contribution in [-0.2, 0) is 19.6 Å². The molecule has 6 heteroatoms. The van der Waals surface area contributed by atoms with Gasteiger partial charge in [0.25, 0.3) is 0 Å². The van der Waals surface area contributed by atoms with Crippen LogP contribution in [0, 0.1) is 6.92 Å². The van der Waals surface area contributed by atoms with Gasteiger partial charge in [0.05, 0.1) is 12.2 Å². The van der Waals surface area contributed by atoms with E-state index in [1.165, 1.54) is 28.4 Å². The lowest BCUT2D eigenvalue weighted by molar-refractivity contribution is 0.184. The van der Waals surface area contributed by atoms with Gasteiger partial charge in [0.15, 0.2) is 0 Å². The van der Waals surface area contributed by atoms with E-state index < -0.39 is 0 Å². The van der Waals surface area contributed by atoms with E-state index in [1.807, 2.05) is 18.2 Å². The highest BCUT2D eigenvalue weighted by atomic mass is 16.5. The Morgan fingerprint density at radius 1 is 0.919 bits per heavy atom. The third-order valence-corrected chi connectivity index (χ3v) is 7.73. The number of hydrogen-bond acceptors (Lipinski definition) is 6. The van der Waals surface area contributed by atoms with E-state index in [2.05, 4.69) is 72.3 Å². The Kier molecular flexibility index (Phi) is 6.66. The van der Waals surface area contributed by atoms with Gasteiger partial charge in [-0.3, -0.25) is 0 Å². The van der Waals surface area contributed by atoms with E-state index in [0.29, 0.717) is 37.7 Å². The number of anilines is 1. The van der Waals surface area contributed by atoms with Crippen molar-refractivity contribution in [2.75, 3.05) is 31.6 Å². The molecule has 3 aromatic carbocycles. The first kappa shape index (κ1) is 23.7. The fraction of sp³-hybridized carbons (Fsp3) is 0.355. The largest absolute Gasteiger partial charge is 0.472 e. The van der Waals surface area contributed by atoms with Gasteiger partial charge in [-0.1, -0.05) is 60.7 Å². The summed E-state index contributed by atoms with van der Waals surface area (Å²) < 4.78 is 12.5. The van der Waals surface area contributed by atoms with Gasteiger partial charge in [-0.05, 0) is 62.4 Å². The van der Waals surface area contributed by atoms with Crippen molar-refractivity contribution in [3.8, 4) is 11.9 Å². The standard InChI is InChI=1S/C31H34N4O2/c1-22-9-6-12-24-13-7-15-28(29(22)24)35-18-16-26-27(19-35)32-31(37-21-25-14-8-17-34(25)2)33-30(26)36-20-23-10-4-3-5-11-23/h3-7,9-13,15,25H,8,14,16-21H2,1-2H3/t25-/m0/s1. The molecule has 0 radical (unpaired) electrons. The fourth-order valence-corrected chi connectivity index (χ4v) is 5.62. The van der Waals surface area contributed by atoms with Crippen LogP contribution in [0.3, 0.4) is 0 Å². The van der Waals surface area contributed by atoms with Crippen LogP contribution in [0.1, 0.15) is 35.2 Å². The summed E-state index contributed by atoms with van der Waals surface area (Å²) in [6.45, 7) is 5.96. The summed E-state index contributed by atoms with van der Waals surface area (Å²) in [6.07, 6.45) is 3.18. The molecule has 1 aromatic heterocycles. The van der Waals surface area contributed by atoms with Gasteiger partial charge in [0, 0.05) is 29.2 Å². The molecular formula is C31H34N4O2. The van der Waals surface area contributed by atoms with Crippen LogP contribution in [0.15, 0.2) is 66.7 Å². The van der Waals surface area contributed by atoms with Crippen molar-refractivity contribution >= 4 is 16.5 Å². The highest BCUT2D eigenvalue weighted by Crippen LogP contribution is 2.35. The normalized spacial score (nSPS) is 17.7. The average Bonchev–Trinajstić information content (AvgIpc) is 3.35. The summed E-state index contributed by atoms with van der Waals surface area (Å²) in [6, 6.07) is 24.1. The van der Waals surface area contributed by atoms with Crippen molar-refractivity contribution < 1.29 is 9.47 Å². The summed E-state index contributed by atoms with van der Waals surface area (Å²) in [4.78, 5) is 14.5. The number of likely N-dealkylation sites (tertiary alicyclic amines) is 1. The molecule has 37 heavy (non-hydrogen) atoms. The molecule has 6 nitrogen and oxygen atoms in total. The Labute approximate surface area is 218 Å². The number of ether oxygens (including phenoxy) is 2. The molecule has 190 valence electrons. The number of fused-ring (bicyclic) bond motifs is 2. The lowest BCUT2D eigenvalue weighted by Crippen LogP contribution is -2.33. The minimum atomic E-state index is 0.406. The molecule has 4 aromatic rings. The van der Waals surface area contributed by atoms with Crippen molar-refractivity contribution in [2.45, 2.75) is 45.4 Å². The topological polar surface area (TPSA) is 50.7 Å². The maximum atomic E-state index is 6.29. The Bertz CT molecular complexity index is 1390. The van der Waals surface area contributed by atoms with Crippen molar-refractivity contribution in [2.24, 2.45) is 0 Å². The molecule has 3 heterocycles. The van der Waals surface area contributed by atoms with Gasteiger partial charge < -0.3 is 19.3 Å². The Morgan fingerprint density at radius 2 is 1.76 bits per heavy atom. The zero-order chi connectivity index (χ0) is 25.2. The number of nitrogens with zero attached hydrogens (tertiary/aromatic N) is 4. The Balaban J connectivity index is 1.30. The smallest absolute Gasteiger partial charge is 0.320 e. The number of rotatable bonds is 7. The van der Waals surface area contributed by atoms with Crippen LogP contribution in [0.2, 0.25) is 0 Å². The van der Waals surface area contributed by atoms with Crippen molar-refractivity contribution in [1.82, 2.24) is 14.9 Å². The lowest BCUT2D eigenvalue weighted by atomic mass is 10.0. The van der Waals surface area contributed by atoms with Crippen LogP contribution < -0.4 is 14.4 Å². The number of likely N-dealkylation sites (N-methyl/N-ethyl adjacent to an activating group) is 1. The van der Waals surface area contributed by atoms with E-state index in [1.54, 1.807) is 0 Å². The molecule has 0 bridgehead atoms. The maximum Gasteiger partial charge on any atom is 0.320 e. The third-order valence-electron chi connectivity index (χ3n) is 7.73. The molecule has 2 aliphatic rings. The van der Waals surface area contributed by atoms with Crippen LogP contribution in [0.25, 0.3) is 10.8 Å². The van der Waals surface area contributed by atoms with Gasteiger partial charge in [0.2, 0.25) is 5.88 Å². The highest BCUT2D eigenvalue weighted by Gasteiger charge is 2.27. The minimum absolute atomic E-state index is 0.406. The summed E-state index contributed by atoms with van der Waals surface area (Å²) in [7, 11) is 2.16. The first-order chi connectivity index (χ1) is 18.2. The highest BCUT2D eigenvalue weighted by molar-refractivity contribution is 5.97. The molecule has 0 aliphatic carbocycles. The van der Waals surface area contributed by atoms with E-state index in [9.17, 15) is 0 Å². The molecule has 0 spiro atoms. The van der Waals surface area contributed by atoms with E-state index in [-0.39, 0.29) is 0 Å². The van der Waals surface area contributed by atoms with Gasteiger partial charge in [-0.2, -0.15) is 9.97 Å². The van der Waals surface area contributed by atoms with Gasteiger partial charge >= 0.3 is 6.01 Å². The molecule has 0 N–H and O–H groups in total. The molecule has 0 saturated carbocycles. The summed E-state index contributed by atoms with van der Waals surface area (Å²) in [5, 5.41) is 2.58. The molecule has 0 unspecified atom stereocenters. The number of benzene rings is 3. The summed E-state index contributed by atoms with van der Waals surface area (Å²) in [5.41, 5.74) is 5.74. The lowest BCUT2D eigenvalue weighted by Gasteiger charge is -2.32. The Hall–Kier alpha value is -3.64. The number of aromatic nitrogens is 2. The van der Waals surface area contributed by atoms with Crippen LogP contribution in [0.5, 0.6) is 11.9 Å². The zero-order valence-corrected chi connectivity index (χ0v) is 21.7. The molecule has 6 rings (SSSR count). The molecular weight excluding hydrogens is 460 g/mol. The first-order valence-corrected chi connectivity index (χ1v) is 13.3. The fourth-order valence-electron chi connectivity index (χ4n) is 5.62. The van der Waals surface area contributed by atoms with E-state index >= 15 is 0 Å². The maximum absolute atomic E-state index is 6.29. The van der Waals surface area contributed by atoms with Gasteiger partial charge in [-0.25, -0.2) is 0 Å². The predicted octanol–water partition coefficient (Wildman–Crippen LogP) is 5.55. The third kappa shape index (κ3) is 4.98. The molecule has 0 amide bonds. The monoisotopic (exact) mass is 494 g/mol. The molecule has 1 fully saturated rings. The van der Waals surface area contributed by atoms with Gasteiger partial charge in [-0.15, -0.1) is 0 Å². The number of hydrogen-bond donors (Lipinski definition) is 0. The van der Waals surface area contributed by atoms with Crippen LogP contribution >= 0.6 is 0 Å². The van der Waals surface area contributed by atoms with Crippen molar-refractivity contribution in [1.29, 1.82) is 0 Å². The molecule has 2 aliphatic heterocycles. The number of aryl methyl sites for hydroxylation is 1. The average molecular weight is 495 g/mol. The minimum Gasteiger partial charge on any atom is -0.472 e. The van der Waals surface area contributed by atoms with E-state index in [4.69, 9.17) is 19.4 Å². The second kappa shape index (κ2) is 10.4. The second-order valence-electron chi connectivity index (χ2n) is 10.2. The van der Waals surface area contributed by atoms with E-state index in [0.717, 1.165) is 42.8 Å². The predicted molar refractivity (Wildman–Crippen MR) is 147 cm³/mol. The zero-order valence-electron chi connectivity index (χ0n) is 21.7. The molecule has 1 saturated heterocycles. The first-order valence-electron chi connectivity index (χ1n) is 13.3. The quantitative estimate of drug-likeness (QED) is 0.336. The second-order valence-corrected chi connectivity index (χ2v) is 10.2. The summed E-state index contributed by atoms with van der Waals surface area (Å²) in [5.74, 6) is 0.650. The summed E-state index contributed by atoms with van der Waals surface area (Å²) >= 11 is 0. The van der Waals surface area contributed by atoms with Gasteiger partial charge in [0.1, 0.15) is 13.2 Å². The van der Waals surface area contributed by atoms with Crippen LogP contribution in [0.4, 0.5) is 5.69 Å². The van der Waals surface area contributed by atoms with Crippen LogP contribution in [-0.4, -0.2) is 47.7 Å².